The molecule has 0 saturated heterocycles. The molecule has 18 rings (SSSR count). The fourth-order valence-electron chi connectivity index (χ4n) is 16.1. The van der Waals surface area contributed by atoms with Gasteiger partial charge in [-0.1, -0.05) is 318 Å². The number of ether oxygens (including phenoxy) is 1. The molecule has 102 heavy (non-hydrogen) atoms. The lowest BCUT2D eigenvalue weighted by atomic mass is 9.88. The zero-order valence-corrected chi connectivity index (χ0v) is 58.8. The molecule has 0 radical (unpaired) electrons. The van der Waals surface area contributed by atoms with Crippen molar-refractivity contribution in [1.82, 2.24) is 14.1 Å². The molecule has 0 bridgehead atoms. The highest BCUT2D eigenvalue weighted by Gasteiger charge is 2.43. The molecular weight excluding hydrogens is 1270 g/mol. The number of para-hydroxylation sites is 4. The van der Waals surface area contributed by atoms with E-state index in [1.165, 1.54) is 47.1 Å². The van der Waals surface area contributed by atoms with Gasteiger partial charge in [-0.3, -0.25) is 13.7 Å². The third kappa shape index (κ3) is 10.4. The molecule has 0 spiro atoms. The first-order valence-electron chi connectivity index (χ1n) is 35.0. The van der Waals surface area contributed by atoms with E-state index >= 15 is 0 Å². The van der Waals surface area contributed by atoms with Crippen molar-refractivity contribution in [2.24, 2.45) is 0 Å². The second-order valence-electron chi connectivity index (χ2n) is 27.5. The maximum atomic E-state index is 7.10. The summed E-state index contributed by atoms with van der Waals surface area (Å²) in [6.45, 7) is 6.74. The first kappa shape index (κ1) is 61.8. The molecular formula is C94H70N4O2Si2. The summed E-state index contributed by atoms with van der Waals surface area (Å²) in [6.07, 6.45) is 5.99. The SMILES string of the molecule is CC(C)(C)c1ccnc(-n2c3cc(Oc4cccc(-n5[c-][n+](-c6c(-c7cccc([Si](c8ccccc8)(c8ccccc8)c8ccccc8)c7)cccc6-c6cccc([Si](c7ccccc7)(c7ccccc7)c7ccccc7)c6)c6ccccc65)c4)ccc3c3ccc4oc5ccccc5c4c32)c1. The Kier molecular flexibility index (Phi) is 15.4. The lowest BCUT2D eigenvalue weighted by molar-refractivity contribution is -0.571. The Hall–Kier alpha value is -12.5. The first-order valence-corrected chi connectivity index (χ1v) is 39.0. The topological polar surface area (TPSA) is 49.0 Å². The van der Waals surface area contributed by atoms with Gasteiger partial charge < -0.3 is 9.15 Å². The number of furan rings is 1. The van der Waals surface area contributed by atoms with Crippen molar-refractivity contribution in [2.45, 2.75) is 26.2 Å². The fourth-order valence-corrected chi connectivity index (χ4v) is 25.7. The number of pyridine rings is 1. The van der Waals surface area contributed by atoms with E-state index in [0.717, 1.165) is 94.2 Å². The van der Waals surface area contributed by atoms with Crippen molar-refractivity contribution in [3.05, 3.63) is 382 Å². The second kappa shape index (κ2) is 25.4. The Morgan fingerprint density at radius 2 is 0.863 bits per heavy atom. The van der Waals surface area contributed by atoms with Crippen LogP contribution < -0.4 is 50.8 Å². The summed E-state index contributed by atoms with van der Waals surface area (Å²) in [7, 11) is -5.96. The van der Waals surface area contributed by atoms with Crippen LogP contribution in [0.25, 0.3) is 94.2 Å². The van der Waals surface area contributed by atoms with E-state index in [1.54, 1.807) is 0 Å². The second-order valence-corrected chi connectivity index (χ2v) is 35.1. The standard InChI is InChI=1S/C94H70N4O2Si2/c1-94(2,3)68-58-59-95-90(62-68)98-87-64-71(54-55-82(87)83-56-57-89-91(93(83)98)84-48-22-25-53-88(84)100-89)99-70-33-28-32-69(63-70)96-65-97(86-52-24-23-51-85(86)96)92-80(66-30-26-46-78(60-66)101(72-34-10-4-11-35-72,73-36-12-5-13-37-73)74-38-14-6-15-39-74)49-29-50-81(92)67-31-27-47-79(61-67)102(75-40-16-7-17-41-75,76-42-18-8-19-43-76)77-44-20-9-21-45-77/h4-64H,1-3H3. The highest BCUT2D eigenvalue weighted by molar-refractivity contribution is 7.20. The third-order valence-electron chi connectivity index (χ3n) is 20.7. The van der Waals surface area contributed by atoms with Gasteiger partial charge in [-0.15, -0.1) is 0 Å². The summed E-state index contributed by atoms with van der Waals surface area (Å²) in [5, 5.41) is 14.8. The molecule has 18 aromatic rings. The van der Waals surface area contributed by atoms with E-state index in [4.69, 9.17) is 14.1 Å². The Morgan fingerprint density at radius 3 is 1.42 bits per heavy atom. The molecule has 4 heterocycles. The van der Waals surface area contributed by atoms with Crippen molar-refractivity contribution < 1.29 is 13.7 Å². The van der Waals surface area contributed by atoms with E-state index in [2.05, 4.69) is 387 Å². The van der Waals surface area contributed by atoms with Gasteiger partial charge in [0.2, 0.25) is 0 Å². The number of imidazole rings is 1. The van der Waals surface area contributed by atoms with Gasteiger partial charge in [0.25, 0.3) is 6.33 Å². The normalized spacial score (nSPS) is 12.1. The molecule has 0 saturated carbocycles. The molecule has 486 valence electrons. The number of aromatic nitrogens is 4. The van der Waals surface area contributed by atoms with E-state index in [-0.39, 0.29) is 5.41 Å². The molecule has 0 atom stereocenters. The van der Waals surface area contributed by atoms with Crippen molar-refractivity contribution in [2.75, 3.05) is 0 Å². The van der Waals surface area contributed by atoms with Gasteiger partial charge in [-0.2, -0.15) is 0 Å². The van der Waals surface area contributed by atoms with E-state index in [0.29, 0.717) is 11.5 Å². The van der Waals surface area contributed by atoms with Gasteiger partial charge in [-0.25, -0.2) is 4.98 Å². The minimum Gasteiger partial charge on any atom is -0.458 e. The average Bonchev–Trinajstić information content (AvgIpc) is 1.61. The number of hydrogen-bond donors (Lipinski definition) is 0. The number of hydrogen-bond acceptors (Lipinski definition) is 3. The molecule has 4 aromatic heterocycles. The summed E-state index contributed by atoms with van der Waals surface area (Å²) in [5.74, 6) is 2.21. The Balaban J connectivity index is 0.831. The van der Waals surface area contributed by atoms with Crippen molar-refractivity contribution in [1.29, 1.82) is 0 Å². The van der Waals surface area contributed by atoms with Crippen LogP contribution in [0.15, 0.2) is 375 Å². The van der Waals surface area contributed by atoms with Crippen LogP contribution in [0.5, 0.6) is 11.5 Å². The van der Waals surface area contributed by atoms with Gasteiger partial charge in [0, 0.05) is 28.4 Å². The predicted molar refractivity (Wildman–Crippen MR) is 426 cm³/mol. The number of fused-ring (bicyclic) bond motifs is 8. The van der Waals surface area contributed by atoms with Gasteiger partial charge >= 0.3 is 0 Å². The Labute approximate surface area is 595 Å². The summed E-state index contributed by atoms with van der Waals surface area (Å²) in [5.41, 5.74) is 13.0. The lowest BCUT2D eigenvalue weighted by Gasteiger charge is -2.35. The third-order valence-corrected chi connectivity index (χ3v) is 30.2. The maximum absolute atomic E-state index is 7.10. The summed E-state index contributed by atoms with van der Waals surface area (Å²) < 4.78 is 20.4. The summed E-state index contributed by atoms with van der Waals surface area (Å²) >= 11 is 0. The lowest BCUT2D eigenvalue weighted by Crippen LogP contribution is -2.74. The van der Waals surface area contributed by atoms with Gasteiger partial charge in [-0.05, 0) is 135 Å². The van der Waals surface area contributed by atoms with Crippen molar-refractivity contribution in [3.63, 3.8) is 0 Å². The van der Waals surface area contributed by atoms with Gasteiger partial charge in [0.05, 0.1) is 38.8 Å². The van der Waals surface area contributed by atoms with Gasteiger partial charge in [0.1, 0.15) is 28.5 Å². The molecule has 0 aliphatic carbocycles. The number of nitrogens with zero attached hydrogens (tertiary/aromatic N) is 4. The van der Waals surface area contributed by atoms with Crippen LogP contribution in [-0.2, 0) is 5.41 Å². The quantitative estimate of drug-likeness (QED) is 0.0445. The molecule has 0 N–H and O–H groups in total. The van der Waals surface area contributed by atoms with Gasteiger partial charge in [0.15, 0.2) is 16.1 Å². The molecule has 0 unspecified atom stereocenters. The first-order chi connectivity index (χ1) is 50.2. The van der Waals surface area contributed by atoms with Crippen LogP contribution in [0.2, 0.25) is 0 Å². The van der Waals surface area contributed by atoms with Crippen LogP contribution in [0.4, 0.5) is 0 Å². The van der Waals surface area contributed by atoms with Crippen LogP contribution in [0, 0.1) is 6.33 Å². The molecule has 0 aliphatic heterocycles. The minimum absolute atomic E-state index is 0.106. The average molecular weight is 1340 g/mol. The summed E-state index contributed by atoms with van der Waals surface area (Å²) in [6, 6.07) is 133. The molecule has 6 nitrogen and oxygen atoms in total. The highest BCUT2D eigenvalue weighted by Crippen LogP contribution is 2.43. The zero-order chi connectivity index (χ0) is 68.4. The van der Waals surface area contributed by atoms with Crippen molar-refractivity contribution in [3.8, 4) is 50.9 Å². The van der Waals surface area contributed by atoms with Crippen molar-refractivity contribution >= 4 is 112 Å². The minimum atomic E-state index is -2.98. The largest absolute Gasteiger partial charge is 0.458 e. The van der Waals surface area contributed by atoms with E-state index in [1.807, 2.05) is 24.4 Å². The van der Waals surface area contributed by atoms with E-state index in [9.17, 15) is 0 Å². The van der Waals surface area contributed by atoms with Crippen LogP contribution in [-0.4, -0.2) is 30.3 Å². The summed E-state index contributed by atoms with van der Waals surface area (Å²) in [4.78, 5) is 5.10. The van der Waals surface area contributed by atoms with E-state index < -0.39 is 16.1 Å². The Morgan fingerprint density at radius 1 is 0.382 bits per heavy atom. The molecule has 0 aliphatic rings. The molecule has 8 heteroatoms. The van der Waals surface area contributed by atoms with Crippen LogP contribution >= 0.6 is 0 Å². The molecule has 0 amide bonds. The number of rotatable bonds is 15. The monoisotopic (exact) mass is 1340 g/mol. The van der Waals surface area contributed by atoms with Crippen LogP contribution in [0.3, 0.4) is 0 Å². The predicted octanol–water partition coefficient (Wildman–Crippen LogP) is 17.3. The highest BCUT2D eigenvalue weighted by atomic mass is 28.3. The zero-order valence-electron chi connectivity index (χ0n) is 56.8. The molecule has 14 aromatic carbocycles. The number of benzene rings is 14. The maximum Gasteiger partial charge on any atom is 0.269 e. The molecule has 0 fully saturated rings. The Bertz CT molecular complexity index is 5760. The smallest absolute Gasteiger partial charge is 0.269 e. The fraction of sp³-hybridized carbons (Fsp3) is 0.0426. The van der Waals surface area contributed by atoms with Crippen LogP contribution in [0.1, 0.15) is 26.3 Å².